The number of nitriles is 1. The van der Waals surface area contributed by atoms with E-state index in [0.29, 0.717) is 11.4 Å². The van der Waals surface area contributed by atoms with Gasteiger partial charge >= 0.3 is 0 Å². The van der Waals surface area contributed by atoms with Gasteiger partial charge in [0.05, 0.1) is 23.2 Å². The second-order valence-electron chi connectivity index (χ2n) is 4.67. The number of hydrogen-bond donors (Lipinski definition) is 1. The second-order valence-corrected chi connectivity index (χ2v) is 5.69. The Kier molecular flexibility index (Phi) is 4.45. The lowest BCUT2D eigenvalue weighted by molar-refractivity contribution is 0.474. The molecule has 0 spiro atoms. The van der Waals surface area contributed by atoms with Gasteiger partial charge in [0.2, 0.25) is 0 Å². The molecule has 1 N–H and O–H groups in total. The Labute approximate surface area is 137 Å². The average Bonchev–Trinajstić information content (AvgIpc) is 3.10. The van der Waals surface area contributed by atoms with E-state index < -0.39 is 0 Å². The fourth-order valence-electron chi connectivity index (χ4n) is 2.01. The number of rotatable bonds is 5. The molecule has 0 unspecified atom stereocenters. The third kappa shape index (κ3) is 3.62. The molecule has 6 nitrogen and oxygen atoms in total. The van der Waals surface area contributed by atoms with Crippen LogP contribution in [0.5, 0.6) is 5.75 Å². The molecule has 1 heterocycles. The van der Waals surface area contributed by atoms with Crippen LogP contribution in [0.2, 0.25) is 0 Å². The molecule has 0 saturated heterocycles. The van der Waals surface area contributed by atoms with Gasteiger partial charge in [-0.1, -0.05) is 6.07 Å². The van der Waals surface area contributed by atoms with Crippen molar-refractivity contribution in [3.63, 3.8) is 0 Å². The van der Waals surface area contributed by atoms with Crippen LogP contribution in [0.3, 0.4) is 0 Å². The van der Waals surface area contributed by atoms with Crippen LogP contribution in [0.25, 0.3) is 0 Å². The summed E-state index contributed by atoms with van der Waals surface area (Å²) in [5.74, 6) is 0.831. The van der Waals surface area contributed by atoms with Crippen molar-refractivity contribution in [1.29, 1.82) is 5.26 Å². The molecule has 0 aliphatic heterocycles. The minimum atomic E-state index is 0.240. The van der Waals surface area contributed by atoms with E-state index in [1.54, 1.807) is 53.4 Å². The van der Waals surface area contributed by atoms with Crippen LogP contribution in [-0.4, -0.2) is 25.9 Å². The summed E-state index contributed by atoms with van der Waals surface area (Å²) in [6, 6.07) is 16.5. The quantitative estimate of drug-likeness (QED) is 0.574. The molecule has 0 atom stereocenters. The molecule has 0 amide bonds. The van der Waals surface area contributed by atoms with E-state index in [1.165, 1.54) is 0 Å². The molecular weight excluding hydrogens is 310 g/mol. The smallest absolute Gasteiger partial charge is 0.139 e. The lowest BCUT2D eigenvalue weighted by Gasteiger charge is -2.24. The normalized spacial score (nSPS) is 10.2. The highest BCUT2D eigenvalue weighted by atomic mass is 32.2. The van der Waals surface area contributed by atoms with E-state index in [0.717, 1.165) is 10.6 Å². The van der Waals surface area contributed by atoms with Crippen molar-refractivity contribution in [2.45, 2.75) is 4.90 Å². The number of aromatic nitrogens is 3. The van der Waals surface area contributed by atoms with Crippen molar-refractivity contribution in [2.75, 3.05) is 10.9 Å². The van der Waals surface area contributed by atoms with Gasteiger partial charge in [0.1, 0.15) is 18.4 Å². The molecule has 0 radical (unpaired) electrons. The Morgan fingerprint density at radius 2 is 1.87 bits per heavy atom. The fraction of sp³-hybridized carbons (Fsp3) is 0.0625. The number of nitrogens with zero attached hydrogens (tertiary/aromatic N) is 5. The average molecular weight is 323 g/mol. The van der Waals surface area contributed by atoms with Gasteiger partial charge in [0.25, 0.3) is 0 Å². The predicted molar refractivity (Wildman–Crippen MR) is 87.9 cm³/mol. The summed E-state index contributed by atoms with van der Waals surface area (Å²) in [4.78, 5) is 0.955. The van der Waals surface area contributed by atoms with Crippen molar-refractivity contribution in [3.8, 4) is 11.8 Å². The standard InChI is InChI=1S/C16H13N5OS/c17-9-13-4-6-14(7-5-13)21(20-10-18-19-11-20)12-23-16-3-1-2-15(22)8-16/h1-8,10-11,22H,12H2. The Morgan fingerprint density at radius 1 is 1.13 bits per heavy atom. The SMILES string of the molecule is N#Cc1ccc(N(CSc2cccc(O)c2)n2cnnc2)cc1. The van der Waals surface area contributed by atoms with Crippen molar-refractivity contribution in [2.24, 2.45) is 0 Å². The maximum absolute atomic E-state index is 9.55. The molecule has 23 heavy (non-hydrogen) atoms. The van der Waals surface area contributed by atoms with E-state index in [1.807, 2.05) is 29.3 Å². The van der Waals surface area contributed by atoms with Crippen LogP contribution in [-0.2, 0) is 0 Å². The number of phenolic OH excluding ortho intramolecular Hbond substituents is 1. The summed E-state index contributed by atoms with van der Waals surface area (Å²) in [5, 5.41) is 28.1. The van der Waals surface area contributed by atoms with Crippen molar-refractivity contribution >= 4 is 17.4 Å². The molecule has 0 saturated carbocycles. The van der Waals surface area contributed by atoms with Gasteiger partial charge in [0.15, 0.2) is 0 Å². The number of aromatic hydroxyl groups is 1. The first-order valence-electron chi connectivity index (χ1n) is 6.81. The molecule has 0 bridgehead atoms. The zero-order valence-electron chi connectivity index (χ0n) is 12.1. The molecule has 7 heteroatoms. The second kappa shape index (κ2) is 6.85. The summed E-state index contributed by atoms with van der Waals surface area (Å²) in [7, 11) is 0. The van der Waals surface area contributed by atoms with Crippen LogP contribution in [0.4, 0.5) is 5.69 Å². The first kappa shape index (κ1) is 14.9. The van der Waals surface area contributed by atoms with Gasteiger partial charge in [-0.3, -0.25) is 5.01 Å². The van der Waals surface area contributed by atoms with Crippen molar-refractivity contribution < 1.29 is 5.11 Å². The predicted octanol–water partition coefficient (Wildman–Crippen LogP) is 2.87. The lowest BCUT2D eigenvalue weighted by atomic mass is 10.2. The highest BCUT2D eigenvalue weighted by molar-refractivity contribution is 7.99. The molecule has 0 fully saturated rings. The van der Waals surface area contributed by atoms with E-state index in [-0.39, 0.29) is 5.75 Å². The van der Waals surface area contributed by atoms with Crippen molar-refractivity contribution in [3.05, 3.63) is 66.7 Å². The Hall–Kier alpha value is -2.98. The first-order chi connectivity index (χ1) is 11.3. The minimum absolute atomic E-state index is 0.240. The van der Waals surface area contributed by atoms with Crippen LogP contribution < -0.4 is 5.01 Å². The van der Waals surface area contributed by atoms with Gasteiger partial charge in [0, 0.05) is 4.90 Å². The van der Waals surface area contributed by atoms with Gasteiger partial charge in [-0.25, -0.2) is 4.68 Å². The summed E-state index contributed by atoms with van der Waals surface area (Å²) < 4.78 is 1.77. The molecule has 3 aromatic rings. The summed E-state index contributed by atoms with van der Waals surface area (Å²) in [5.41, 5.74) is 1.52. The summed E-state index contributed by atoms with van der Waals surface area (Å²) >= 11 is 1.57. The summed E-state index contributed by atoms with van der Waals surface area (Å²) in [6.07, 6.45) is 3.22. The molecule has 1 aromatic heterocycles. The Morgan fingerprint density at radius 3 is 2.52 bits per heavy atom. The highest BCUT2D eigenvalue weighted by Gasteiger charge is 2.10. The van der Waals surface area contributed by atoms with Crippen LogP contribution in [0.15, 0.2) is 66.1 Å². The third-order valence-corrected chi connectivity index (χ3v) is 4.11. The van der Waals surface area contributed by atoms with E-state index in [4.69, 9.17) is 5.26 Å². The maximum atomic E-state index is 9.55. The molecule has 2 aromatic carbocycles. The summed E-state index contributed by atoms with van der Waals surface area (Å²) in [6.45, 7) is 0. The van der Waals surface area contributed by atoms with Gasteiger partial charge in [-0.05, 0) is 42.5 Å². The highest BCUT2D eigenvalue weighted by Crippen LogP contribution is 2.25. The largest absolute Gasteiger partial charge is 0.508 e. The maximum Gasteiger partial charge on any atom is 0.139 e. The minimum Gasteiger partial charge on any atom is -0.508 e. The number of benzene rings is 2. The van der Waals surface area contributed by atoms with E-state index >= 15 is 0 Å². The fourth-order valence-corrected chi connectivity index (χ4v) is 2.94. The number of hydrogen-bond acceptors (Lipinski definition) is 6. The van der Waals surface area contributed by atoms with Crippen LogP contribution >= 0.6 is 11.8 Å². The van der Waals surface area contributed by atoms with Crippen LogP contribution in [0, 0.1) is 11.3 Å². The van der Waals surface area contributed by atoms with Gasteiger partial charge in [-0.15, -0.1) is 22.0 Å². The number of thioether (sulfide) groups is 1. The molecule has 0 aliphatic rings. The van der Waals surface area contributed by atoms with Crippen LogP contribution in [0.1, 0.15) is 5.56 Å². The van der Waals surface area contributed by atoms with Gasteiger partial charge < -0.3 is 5.11 Å². The lowest BCUT2D eigenvalue weighted by Crippen LogP contribution is -2.27. The third-order valence-electron chi connectivity index (χ3n) is 3.15. The first-order valence-corrected chi connectivity index (χ1v) is 7.79. The molecule has 114 valence electrons. The Balaban J connectivity index is 1.83. The van der Waals surface area contributed by atoms with E-state index in [9.17, 15) is 5.11 Å². The number of anilines is 1. The zero-order valence-corrected chi connectivity index (χ0v) is 12.9. The van der Waals surface area contributed by atoms with E-state index in [2.05, 4.69) is 16.3 Å². The zero-order chi connectivity index (χ0) is 16.1. The van der Waals surface area contributed by atoms with Gasteiger partial charge in [-0.2, -0.15) is 5.26 Å². The molecular formula is C16H13N5OS. The molecule has 0 aliphatic carbocycles. The van der Waals surface area contributed by atoms with Crippen molar-refractivity contribution in [1.82, 2.24) is 14.9 Å². The monoisotopic (exact) mass is 323 g/mol. The number of phenols is 1. The Bertz CT molecular complexity index is 811. The topological polar surface area (TPSA) is 78.0 Å². The molecule has 3 rings (SSSR count).